The molecule has 0 unspecified atom stereocenters. The first-order chi connectivity index (χ1) is 21.3. The lowest BCUT2D eigenvalue weighted by atomic mass is 10.1. The molecule has 244 valence electrons. The number of aromatic nitrogens is 1. The van der Waals surface area contributed by atoms with Gasteiger partial charge in [-0.25, -0.2) is 27.7 Å². The van der Waals surface area contributed by atoms with Crippen LogP contribution in [0.4, 0.5) is 28.4 Å². The van der Waals surface area contributed by atoms with Crippen LogP contribution in [-0.4, -0.2) is 114 Å². The number of cyclic esters (lactones) is 1. The van der Waals surface area contributed by atoms with E-state index in [9.17, 15) is 27.6 Å². The maximum absolute atomic E-state index is 13.9. The van der Waals surface area contributed by atoms with E-state index in [1.165, 1.54) is 17.0 Å². The minimum atomic E-state index is -2.82. The number of ether oxygens (including phenoxy) is 3. The summed E-state index contributed by atoms with van der Waals surface area (Å²) in [5.41, 5.74) is 1.40. The van der Waals surface area contributed by atoms with Crippen LogP contribution in [0.15, 0.2) is 36.5 Å². The van der Waals surface area contributed by atoms with Gasteiger partial charge in [-0.05, 0) is 63.4 Å². The highest BCUT2D eigenvalue weighted by molar-refractivity contribution is 5.96. The fourth-order valence-corrected chi connectivity index (χ4v) is 5.76. The number of anilines is 1. The molecule has 14 heteroatoms. The van der Waals surface area contributed by atoms with E-state index >= 15 is 0 Å². The molecule has 0 N–H and O–H groups in total. The number of hydrogen-bond donors (Lipinski definition) is 0. The van der Waals surface area contributed by atoms with Crippen LogP contribution in [0.1, 0.15) is 38.8 Å². The highest BCUT2D eigenvalue weighted by atomic mass is 19.3. The van der Waals surface area contributed by atoms with Gasteiger partial charge in [-0.3, -0.25) is 14.6 Å². The van der Waals surface area contributed by atoms with Crippen molar-refractivity contribution < 1.29 is 41.8 Å². The van der Waals surface area contributed by atoms with E-state index in [-0.39, 0.29) is 57.1 Å². The minimum Gasteiger partial charge on any atom is -0.474 e. The number of amides is 3. The maximum Gasteiger partial charge on any atom is 0.410 e. The number of rotatable bonds is 7. The molecule has 0 spiro atoms. The van der Waals surface area contributed by atoms with Gasteiger partial charge in [0.1, 0.15) is 36.4 Å². The van der Waals surface area contributed by atoms with E-state index in [4.69, 9.17) is 14.2 Å². The molecule has 1 aromatic heterocycles. The molecule has 3 aliphatic rings. The number of halogens is 3. The van der Waals surface area contributed by atoms with Crippen LogP contribution in [0.25, 0.3) is 0 Å². The first kappa shape index (κ1) is 32.3. The van der Waals surface area contributed by atoms with Gasteiger partial charge in [-0.1, -0.05) is 12.1 Å². The highest BCUT2D eigenvalue weighted by Gasteiger charge is 2.44. The minimum absolute atomic E-state index is 0.0478. The molecule has 0 aliphatic carbocycles. The maximum atomic E-state index is 13.9. The molecular weight excluding hydrogens is 595 g/mol. The predicted molar refractivity (Wildman–Crippen MR) is 157 cm³/mol. The third-order valence-electron chi connectivity index (χ3n) is 7.99. The fourth-order valence-electron chi connectivity index (χ4n) is 5.76. The quantitative estimate of drug-likeness (QED) is 0.452. The normalized spacial score (nSPS) is 22.3. The standard InChI is InChI=1S/C31H38F3N5O6/c1-19-14-36(23(15-38(19)30(42)45-31(2,3)4)16-39-25(27(33)34)18-44-29(39)41)17-26(40)37-9-10-43-28-24(37)12-21(13-35-28)11-20-5-7-22(32)8-6-20/h5-8,12-13,19,23,25,27H,9-11,14-18H2,1-4H3/t19-,23-,25+/m1/s1. The first-order valence-electron chi connectivity index (χ1n) is 14.9. The average molecular weight is 634 g/mol. The van der Waals surface area contributed by atoms with Crippen molar-refractivity contribution in [1.82, 2.24) is 19.7 Å². The zero-order chi connectivity index (χ0) is 32.5. The van der Waals surface area contributed by atoms with Crippen LogP contribution in [0, 0.1) is 5.82 Å². The van der Waals surface area contributed by atoms with Gasteiger partial charge in [0, 0.05) is 37.9 Å². The van der Waals surface area contributed by atoms with Gasteiger partial charge in [0.05, 0.1) is 13.1 Å². The predicted octanol–water partition coefficient (Wildman–Crippen LogP) is 3.93. The second-order valence-electron chi connectivity index (χ2n) is 12.6. The van der Waals surface area contributed by atoms with Crippen molar-refractivity contribution >= 4 is 23.8 Å². The summed E-state index contributed by atoms with van der Waals surface area (Å²) in [5.74, 6) is -0.312. The Bertz CT molecular complexity index is 1410. The summed E-state index contributed by atoms with van der Waals surface area (Å²) in [6.45, 7) is 7.11. The molecule has 3 aliphatic heterocycles. The molecule has 1 aromatic carbocycles. The summed E-state index contributed by atoms with van der Waals surface area (Å²) in [7, 11) is 0. The summed E-state index contributed by atoms with van der Waals surface area (Å²) in [6, 6.07) is 5.48. The Morgan fingerprint density at radius 2 is 1.84 bits per heavy atom. The van der Waals surface area contributed by atoms with Crippen LogP contribution < -0.4 is 9.64 Å². The Kier molecular flexibility index (Phi) is 9.42. The van der Waals surface area contributed by atoms with Crippen LogP contribution in [0.5, 0.6) is 5.88 Å². The molecule has 0 saturated carbocycles. The first-order valence-corrected chi connectivity index (χ1v) is 14.9. The van der Waals surface area contributed by atoms with Crippen LogP contribution in [0.2, 0.25) is 0 Å². The molecule has 2 aromatic rings. The number of hydrogen-bond acceptors (Lipinski definition) is 8. The molecular formula is C31H38F3N5O6. The number of fused-ring (bicyclic) bond motifs is 1. The molecule has 11 nitrogen and oxygen atoms in total. The molecule has 5 rings (SSSR count). The molecule has 2 fully saturated rings. The van der Waals surface area contributed by atoms with Crippen LogP contribution in [-0.2, 0) is 20.7 Å². The Hall–Kier alpha value is -4.07. The van der Waals surface area contributed by atoms with E-state index in [2.05, 4.69) is 4.98 Å². The van der Waals surface area contributed by atoms with Crippen molar-refractivity contribution in [2.24, 2.45) is 0 Å². The smallest absolute Gasteiger partial charge is 0.410 e. The number of nitrogens with zero attached hydrogens (tertiary/aromatic N) is 5. The number of pyridine rings is 1. The van der Waals surface area contributed by atoms with Gasteiger partial charge in [-0.15, -0.1) is 0 Å². The Morgan fingerprint density at radius 1 is 1.11 bits per heavy atom. The fraction of sp³-hybridized carbons (Fsp3) is 0.548. The lowest BCUT2D eigenvalue weighted by Crippen LogP contribution is -2.64. The lowest BCUT2D eigenvalue weighted by Gasteiger charge is -2.46. The zero-order valence-electron chi connectivity index (χ0n) is 25.7. The topological polar surface area (TPSA) is 105 Å². The van der Waals surface area contributed by atoms with Crippen molar-refractivity contribution in [1.29, 1.82) is 0 Å². The molecule has 2 saturated heterocycles. The van der Waals surface area contributed by atoms with Crippen molar-refractivity contribution in [3.63, 3.8) is 0 Å². The van der Waals surface area contributed by atoms with Gasteiger partial charge in [0.15, 0.2) is 0 Å². The van der Waals surface area contributed by atoms with E-state index in [1.54, 1.807) is 44.0 Å². The van der Waals surface area contributed by atoms with Crippen molar-refractivity contribution in [2.75, 3.05) is 50.8 Å². The van der Waals surface area contributed by atoms with Crippen molar-refractivity contribution in [3.05, 3.63) is 53.5 Å². The number of alkyl halides is 2. The van der Waals surface area contributed by atoms with Crippen LogP contribution in [0.3, 0.4) is 0 Å². The van der Waals surface area contributed by atoms with Gasteiger partial charge >= 0.3 is 12.2 Å². The van der Waals surface area contributed by atoms with Gasteiger partial charge in [0.2, 0.25) is 11.8 Å². The molecule has 45 heavy (non-hydrogen) atoms. The van der Waals surface area contributed by atoms with Gasteiger partial charge < -0.3 is 24.0 Å². The monoisotopic (exact) mass is 633 g/mol. The van der Waals surface area contributed by atoms with Crippen molar-refractivity contribution in [3.8, 4) is 5.88 Å². The highest BCUT2D eigenvalue weighted by Crippen LogP contribution is 2.32. The third kappa shape index (κ3) is 7.60. The summed E-state index contributed by atoms with van der Waals surface area (Å²) in [5, 5.41) is 0. The second kappa shape index (κ2) is 13.1. The van der Waals surface area contributed by atoms with E-state index in [0.717, 1.165) is 16.0 Å². The zero-order valence-corrected chi connectivity index (χ0v) is 25.7. The van der Waals surface area contributed by atoms with Crippen molar-refractivity contribution in [2.45, 2.75) is 64.3 Å². The number of benzene rings is 1. The Labute approximate surface area is 259 Å². The lowest BCUT2D eigenvalue weighted by molar-refractivity contribution is -0.121. The Balaban J connectivity index is 1.36. The van der Waals surface area contributed by atoms with E-state index < -0.39 is 42.9 Å². The SMILES string of the molecule is C[C@@H]1CN(CC(=O)N2CCOc3ncc(Cc4ccc(F)cc4)cc32)[C@@H](CN2C(=O)OC[C@H]2C(F)F)CN1C(=O)OC(C)(C)C. The molecule has 0 bridgehead atoms. The summed E-state index contributed by atoms with van der Waals surface area (Å²) in [4.78, 5) is 49.7. The summed E-state index contributed by atoms with van der Waals surface area (Å²) >= 11 is 0. The largest absolute Gasteiger partial charge is 0.474 e. The third-order valence-corrected chi connectivity index (χ3v) is 7.99. The summed E-state index contributed by atoms with van der Waals surface area (Å²) in [6.07, 6.45) is -2.14. The average Bonchev–Trinajstić information content (AvgIpc) is 3.34. The molecule has 3 amide bonds. The second-order valence-corrected chi connectivity index (χ2v) is 12.6. The summed E-state index contributed by atoms with van der Waals surface area (Å²) < 4.78 is 57.2. The van der Waals surface area contributed by atoms with Gasteiger partial charge in [-0.2, -0.15) is 0 Å². The molecule has 0 radical (unpaired) electrons. The number of carbonyl (C=O) groups is 3. The van der Waals surface area contributed by atoms with E-state index in [1.807, 2.05) is 17.9 Å². The van der Waals surface area contributed by atoms with Gasteiger partial charge in [0.25, 0.3) is 6.43 Å². The number of piperazine rings is 1. The molecule has 3 atom stereocenters. The van der Waals surface area contributed by atoms with Crippen LogP contribution >= 0.6 is 0 Å². The Morgan fingerprint density at radius 3 is 2.53 bits per heavy atom. The molecule has 4 heterocycles. The van der Waals surface area contributed by atoms with E-state index in [0.29, 0.717) is 18.0 Å². The number of carbonyl (C=O) groups excluding carboxylic acids is 3.